The number of rotatable bonds is 6. The first kappa shape index (κ1) is 16.6. The molecule has 2 nitrogen and oxygen atoms in total. The first-order valence-corrected chi connectivity index (χ1v) is 7.32. The Morgan fingerprint density at radius 2 is 2.11 bits per heavy atom. The summed E-state index contributed by atoms with van der Waals surface area (Å²) in [5.74, 6) is 0. The van der Waals surface area contributed by atoms with Gasteiger partial charge in [-0.3, -0.25) is 0 Å². The molecular formula is C15H22ClNOS. The highest BCUT2D eigenvalue weighted by Crippen LogP contribution is 2.41. The first-order chi connectivity index (χ1) is 8.73. The van der Waals surface area contributed by atoms with Gasteiger partial charge >= 0.3 is 0 Å². The van der Waals surface area contributed by atoms with Crippen LogP contribution in [0.3, 0.4) is 0 Å². The molecule has 0 saturated carbocycles. The molecule has 1 aromatic rings. The summed E-state index contributed by atoms with van der Waals surface area (Å²) in [7, 11) is 1.98. The zero-order chi connectivity index (χ0) is 12.8. The molecule has 2 rings (SSSR count). The molecule has 19 heavy (non-hydrogen) atoms. The van der Waals surface area contributed by atoms with Gasteiger partial charge in [-0.15, -0.1) is 12.4 Å². The van der Waals surface area contributed by atoms with Gasteiger partial charge in [0.2, 0.25) is 0 Å². The molecule has 2 atom stereocenters. The fraction of sp³-hybridized carbons (Fsp3) is 0.467. The van der Waals surface area contributed by atoms with Crippen LogP contribution in [0, 0.1) is 0 Å². The Balaban J connectivity index is 0.00000180. The van der Waals surface area contributed by atoms with E-state index in [1.807, 2.05) is 13.1 Å². The molecule has 1 aliphatic rings. The molecule has 0 fully saturated rings. The van der Waals surface area contributed by atoms with Gasteiger partial charge in [-0.2, -0.15) is 0 Å². The third kappa shape index (κ3) is 4.84. The van der Waals surface area contributed by atoms with E-state index in [4.69, 9.17) is 4.74 Å². The van der Waals surface area contributed by atoms with E-state index in [1.54, 1.807) is 11.8 Å². The SMILES string of the molecule is CNCCC(OC1(C)CC=CS1)c1ccccc1.Cl. The van der Waals surface area contributed by atoms with Crippen LogP contribution in [0.1, 0.15) is 31.4 Å². The smallest absolute Gasteiger partial charge is 0.119 e. The van der Waals surface area contributed by atoms with Crippen LogP contribution >= 0.6 is 24.2 Å². The Hall–Kier alpha value is -0.480. The second kappa shape index (κ2) is 7.95. The minimum absolute atomic E-state index is 0. The molecule has 0 aliphatic carbocycles. The molecule has 2 unspecified atom stereocenters. The van der Waals surface area contributed by atoms with Crippen molar-refractivity contribution in [3.63, 3.8) is 0 Å². The minimum Gasteiger partial charge on any atom is -0.356 e. The number of hydrogen-bond donors (Lipinski definition) is 1. The van der Waals surface area contributed by atoms with Gasteiger partial charge in [0, 0.05) is 6.42 Å². The fourth-order valence-electron chi connectivity index (χ4n) is 2.12. The zero-order valence-corrected chi connectivity index (χ0v) is 13.1. The third-order valence-corrected chi connectivity index (χ3v) is 4.21. The average molecular weight is 300 g/mol. The maximum Gasteiger partial charge on any atom is 0.119 e. The summed E-state index contributed by atoms with van der Waals surface area (Å²) in [5, 5.41) is 5.34. The standard InChI is InChI=1S/C15H21NOS.ClH/c1-15(10-6-12-18-15)17-14(9-11-16-2)13-7-4-3-5-8-13;/h3-8,12,14,16H,9-11H2,1-2H3;1H. The van der Waals surface area contributed by atoms with E-state index in [9.17, 15) is 0 Å². The Morgan fingerprint density at radius 1 is 1.37 bits per heavy atom. The number of hydrogen-bond acceptors (Lipinski definition) is 3. The molecule has 106 valence electrons. The van der Waals surface area contributed by atoms with Crippen LogP contribution in [0.25, 0.3) is 0 Å². The highest BCUT2D eigenvalue weighted by molar-refractivity contribution is 8.03. The molecule has 4 heteroatoms. The largest absolute Gasteiger partial charge is 0.356 e. The quantitative estimate of drug-likeness (QED) is 0.853. The molecule has 0 spiro atoms. The van der Waals surface area contributed by atoms with Crippen molar-refractivity contribution in [3.05, 3.63) is 47.4 Å². The Labute approximate surface area is 126 Å². The molecule has 0 saturated heterocycles. The molecule has 1 N–H and O–H groups in total. The lowest BCUT2D eigenvalue weighted by atomic mass is 10.1. The van der Waals surface area contributed by atoms with E-state index in [2.05, 4.69) is 48.0 Å². The van der Waals surface area contributed by atoms with Gasteiger partial charge < -0.3 is 10.1 Å². The Bertz CT molecular complexity index is 388. The van der Waals surface area contributed by atoms with Gasteiger partial charge in [0.05, 0.1) is 6.10 Å². The second-order valence-corrected chi connectivity index (χ2v) is 6.11. The molecule has 0 amide bonds. The normalized spacial score (nSPS) is 23.1. The predicted octanol–water partition coefficient (Wildman–Crippen LogP) is 4.14. The van der Waals surface area contributed by atoms with E-state index in [0.717, 1.165) is 19.4 Å². The van der Waals surface area contributed by atoms with Crippen molar-refractivity contribution in [3.8, 4) is 0 Å². The monoisotopic (exact) mass is 299 g/mol. The maximum absolute atomic E-state index is 6.35. The van der Waals surface area contributed by atoms with E-state index >= 15 is 0 Å². The lowest BCUT2D eigenvalue weighted by molar-refractivity contribution is -0.0265. The Morgan fingerprint density at radius 3 is 2.68 bits per heavy atom. The predicted molar refractivity (Wildman–Crippen MR) is 85.8 cm³/mol. The summed E-state index contributed by atoms with van der Waals surface area (Å²) >= 11 is 1.78. The number of nitrogens with one attached hydrogen (secondary N) is 1. The summed E-state index contributed by atoms with van der Waals surface area (Å²) in [4.78, 5) is -0.103. The molecule has 1 aliphatic heterocycles. The summed E-state index contributed by atoms with van der Waals surface area (Å²) < 4.78 is 6.35. The molecule has 1 heterocycles. The number of thioether (sulfide) groups is 1. The first-order valence-electron chi connectivity index (χ1n) is 6.44. The van der Waals surface area contributed by atoms with E-state index < -0.39 is 0 Å². The van der Waals surface area contributed by atoms with Crippen LogP contribution in [0.2, 0.25) is 0 Å². The summed E-state index contributed by atoms with van der Waals surface area (Å²) in [5.41, 5.74) is 1.27. The highest BCUT2D eigenvalue weighted by Gasteiger charge is 2.30. The van der Waals surface area contributed by atoms with Gasteiger partial charge in [-0.05, 0) is 37.9 Å². The van der Waals surface area contributed by atoms with Crippen LogP contribution in [-0.2, 0) is 4.74 Å². The summed E-state index contributed by atoms with van der Waals surface area (Å²) in [6, 6.07) is 10.5. The second-order valence-electron chi connectivity index (χ2n) is 4.74. The lowest BCUT2D eigenvalue weighted by Crippen LogP contribution is -2.25. The summed E-state index contributed by atoms with van der Waals surface area (Å²) in [6.07, 6.45) is 4.33. The minimum atomic E-state index is -0.103. The lowest BCUT2D eigenvalue weighted by Gasteiger charge is -2.30. The molecule has 0 radical (unpaired) electrons. The Kier molecular flexibility index (Phi) is 6.94. The van der Waals surface area contributed by atoms with E-state index in [1.165, 1.54) is 5.56 Å². The van der Waals surface area contributed by atoms with E-state index in [0.29, 0.717) is 0 Å². The van der Waals surface area contributed by atoms with Crippen molar-refractivity contribution in [2.24, 2.45) is 0 Å². The van der Waals surface area contributed by atoms with Gasteiger partial charge in [0.1, 0.15) is 4.93 Å². The summed E-state index contributed by atoms with van der Waals surface area (Å²) in [6.45, 7) is 3.14. The van der Waals surface area contributed by atoms with Crippen LogP contribution in [0.15, 0.2) is 41.8 Å². The van der Waals surface area contributed by atoms with Gasteiger partial charge in [-0.1, -0.05) is 48.2 Å². The zero-order valence-electron chi connectivity index (χ0n) is 11.5. The molecule has 1 aromatic carbocycles. The maximum atomic E-state index is 6.35. The average Bonchev–Trinajstić information content (AvgIpc) is 2.82. The number of benzene rings is 1. The third-order valence-electron chi connectivity index (χ3n) is 3.12. The van der Waals surface area contributed by atoms with Crippen molar-refractivity contribution < 1.29 is 4.74 Å². The van der Waals surface area contributed by atoms with Crippen LogP contribution < -0.4 is 5.32 Å². The van der Waals surface area contributed by atoms with Crippen molar-refractivity contribution in [1.29, 1.82) is 0 Å². The van der Waals surface area contributed by atoms with Crippen LogP contribution in [-0.4, -0.2) is 18.5 Å². The van der Waals surface area contributed by atoms with Gasteiger partial charge in [0.25, 0.3) is 0 Å². The molecular weight excluding hydrogens is 278 g/mol. The number of ether oxygens (including phenoxy) is 1. The van der Waals surface area contributed by atoms with Crippen LogP contribution in [0.5, 0.6) is 0 Å². The van der Waals surface area contributed by atoms with Crippen molar-refractivity contribution in [2.75, 3.05) is 13.6 Å². The molecule has 0 aromatic heterocycles. The molecule has 0 bridgehead atoms. The van der Waals surface area contributed by atoms with Crippen molar-refractivity contribution in [1.82, 2.24) is 5.32 Å². The topological polar surface area (TPSA) is 21.3 Å². The highest BCUT2D eigenvalue weighted by atomic mass is 35.5. The van der Waals surface area contributed by atoms with E-state index in [-0.39, 0.29) is 23.4 Å². The van der Waals surface area contributed by atoms with Crippen molar-refractivity contribution >= 4 is 24.2 Å². The number of halogens is 1. The van der Waals surface area contributed by atoms with Crippen molar-refractivity contribution in [2.45, 2.75) is 30.8 Å². The van der Waals surface area contributed by atoms with Crippen LogP contribution in [0.4, 0.5) is 0 Å². The van der Waals surface area contributed by atoms with Gasteiger partial charge in [0.15, 0.2) is 0 Å². The van der Waals surface area contributed by atoms with Gasteiger partial charge in [-0.25, -0.2) is 0 Å². The fourth-order valence-corrected chi connectivity index (χ4v) is 2.96.